The summed E-state index contributed by atoms with van der Waals surface area (Å²) in [7, 11) is 2.17. The third-order valence-corrected chi connectivity index (χ3v) is 3.62. The van der Waals surface area contributed by atoms with Crippen LogP contribution >= 0.6 is 22.6 Å². The van der Waals surface area contributed by atoms with Gasteiger partial charge in [-0.2, -0.15) is 0 Å². The molecule has 2 rings (SSSR count). The molecule has 0 spiro atoms. The molecule has 0 amide bonds. The van der Waals surface area contributed by atoms with Crippen molar-refractivity contribution in [2.24, 2.45) is 0 Å². The lowest BCUT2D eigenvalue weighted by Gasteiger charge is -2.16. The van der Waals surface area contributed by atoms with Gasteiger partial charge in [-0.3, -0.25) is 4.98 Å². The Morgan fingerprint density at radius 1 is 1.00 bits per heavy atom. The maximum atomic E-state index is 4.03. The molecular formula is C15H17IN2. The summed E-state index contributed by atoms with van der Waals surface area (Å²) in [5.74, 6) is 0. The minimum absolute atomic E-state index is 1.00. The molecule has 1 heterocycles. The average Bonchev–Trinajstić information content (AvgIpc) is 2.40. The highest BCUT2D eigenvalue weighted by Gasteiger charge is 2.01. The number of likely N-dealkylation sites (N-methyl/N-ethyl adjacent to an activating group) is 1. The van der Waals surface area contributed by atoms with Crippen LogP contribution in [-0.4, -0.2) is 23.5 Å². The Hall–Kier alpha value is -0.940. The third kappa shape index (κ3) is 4.38. The zero-order valence-electron chi connectivity index (χ0n) is 10.5. The molecule has 0 aliphatic rings. The van der Waals surface area contributed by atoms with E-state index in [0.717, 1.165) is 19.5 Å². The highest BCUT2D eigenvalue weighted by Crippen LogP contribution is 2.09. The van der Waals surface area contributed by atoms with Crippen LogP contribution in [0.15, 0.2) is 48.8 Å². The molecule has 1 aromatic heterocycles. The summed E-state index contributed by atoms with van der Waals surface area (Å²) < 4.78 is 1.29. The van der Waals surface area contributed by atoms with Gasteiger partial charge in [0.15, 0.2) is 0 Å². The van der Waals surface area contributed by atoms with Crippen molar-refractivity contribution in [2.75, 3.05) is 13.6 Å². The van der Waals surface area contributed by atoms with E-state index >= 15 is 0 Å². The van der Waals surface area contributed by atoms with Gasteiger partial charge in [0, 0.05) is 29.1 Å². The molecule has 18 heavy (non-hydrogen) atoms. The van der Waals surface area contributed by atoms with Gasteiger partial charge in [-0.05, 0) is 71.5 Å². The first-order valence-electron chi connectivity index (χ1n) is 6.06. The third-order valence-electron chi connectivity index (χ3n) is 2.90. The summed E-state index contributed by atoms with van der Waals surface area (Å²) in [5.41, 5.74) is 2.71. The largest absolute Gasteiger partial charge is 0.302 e. The zero-order valence-corrected chi connectivity index (χ0v) is 12.7. The number of aromatic nitrogens is 1. The molecule has 0 unspecified atom stereocenters. The molecule has 0 bridgehead atoms. The standard InChI is InChI=1S/C15H17IN2/c1-18(11-8-13-6-9-17-10-7-13)12-14-2-4-15(16)5-3-14/h2-7,9-10H,8,11-12H2,1H3. The van der Waals surface area contributed by atoms with Crippen LogP contribution in [0.4, 0.5) is 0 Å². The number of hydrogen-bond acceptors (Lipinski definition) is 2. The number of halogens is 1. The van der Waals surface area contributed by atoms with Gasteiger partial charge in [0.25, 0.3) is 0 Å². The van der Waals surface area contributed by atoms with Crippen LogP contribution in [0, 0.1) is 3.57 Å². The maximum absolute atomic E-state index is 4.03. The molecule has 0 atom stereocenters. The molecular weight excluding hydrogens is 335 g/mol. The summed E-state index contributed by atoms with van der Waals surface area (Å²) in [4.78, 5) is 6.38. The van der Waals surface area contributed by atoms with E-state index in [-0.39, 0.29) is 0 Å². The van der Waals surface area contributed by atoms with E-state index in [2.05, 4.69) is 75.9 Å². The summed E-state index contributed by atoms with van der Waals surface area (Å²) in [6.07, 6.45) is 4.78. The van der Waals surface area contributed by atoms with E-state index in [4.69, 9.17) is 0 Å². The molecule has 94 valence electrons. The molecule has 2 aromatic rings. The molecule has 0 aliphatic heterocycles. The first kappa shape index (κ1) is 13.5. The summed E-state index contributed by atoms with van der Waals surface area (Å²) >= 11 is 2.33. The molecule has 3 heteroatoms. The van der Waals surface area contributed by atoms with Crippen molar-refractivity contribution in [3.8, 4) is 0 Å². The van der Waals surface area contributed by atoms with Crippen molar-refractivity contribution in [1.82, 2.24) is 9.88 Å². The van der Waals surface area contributed by atoms with E-state index in [1.807, 2.05) is 12.4 Å². The monoisotopic (exact) mass is 352 g/mol. The Balaban J connectivity index is 1.82. The molecule has 0 saturated heterocycles. The SMILES string of the molecule is CN(CCc1ccncc1)Cc1ccc(I)cc1. The summed E-state index contributed by atoms with van der Waals surface area (Å²) in [6, 6.07) is 12.9. The van der Waals surface area contributed by atoms with Crippen molar-refractivity contribution in [2.45, 2.75) is 13.0 Å². The number of rotatable bonds is 5. The predicted molar refractivity (Wildman–Crippen MR) is 83.4 cm³/mol. The van der Waals surface area contributed by atoms with E-state index < -0.39 is 0 Å². The quantitative estimate of drug-likeness (QED) is 0.768. The van der Waals surface area contributed by atoms with Crippen LogP contribution in [0.25, 0.3) is 0 Å². The molecule has 0 N–H and O–H groups in total. The Kier molecular flexibility index (Phi) is 5.13. The normalized spacial score (nSPS) is 10.8. The fraction of sp³-hybridized carbons (Fsp3) is 0.267. The molecule has 2 nitrogen and oxygen atoms in total. The first-order valence-corrected chi connectivity index (χ1v) is 7.14. The van der Waals surface area contributed by atoms with Crippen LogP contribution in [0.3, 0.4) is 0 Å². The Morgan fingerprint density at radius 3 is 2.33 bits per heavy atom. The van der Waals surface area contributed by atoms with Crippen molar-refractivity contribution in [1.29, 1.82) is 0 Å². The summed E-state index contributed by atoms with van der Waals surface area (Å²) in [5, 5.41) is 0. The van der Waals surface area contributed by atoms with E-state index in [9.17, 15) is 0 Å². The van der Waals surface area contributed by atoms with E-state index in [1.165, 1.54) is 14.7 Å². The average molecular weight is 352 g/mol. The minimum atomic E-state index is 1.00. The van der Waals surface area contributed by atoms with Crippen LogP contribution in [0.2, 0.25) is 0 Å². The minimum Gasteiger partial charge on any atom is -0.302 e. The number of benzene rings is 1. The van der Waals surface area contributed by atoms with Gasteiger partial charge in [0.1, 0.15) is 0 Å². The second kappa shape index (κ2) is 6.85. The van der Waals surface area contributed by atoms with Gasteiger partial charge >= 0.3 is 0 Å². The van der Waals surface area contributed by atoms with Crippen molar-refractivity contribution in [3.05, 3.63) is 63.5 Å². The topological polar surface area (TPSA) is 16.1 Å². The number of nitrogens with zero attached hydrogens (tertiary/aromatic N) is 2. The molecule has 1 aromatic carbocycles. The predicted octanol–water partition coefficient (Wildman–Crippen LogP) is 3.36. The zero-order chi connectivity index (χ0) is 12.8. The number of hydrogen-bond donors (Lipinski definition) is 0. The smallest absolute Gasteiger partial charge is 0.0270 e. The molecule has 0 saturated carbocycles. The second-order valence-electron chi connectivity index (χ2n) is 4.47. The van der Waals surface area contributed by atoms with Crippen molar-refractivity contribution < 1.29 is 0 Å². The fourth-order valence-corrected chi connectivity index (χ4v) is 2.21. The van der Waals surface area contributed by atoms with Gasteiger partial charge < -0.3 is 4.90 Å². The Morgan fingerprint density at radius 2 is 1.67 bits per heavy atom. The van der Waals surface area contributed by atoms with Gasteiger partial charge in [-0.1, -0.05) is 12.1 Å². The van der Waals surface area contributed by atoms with E-state index in [0.29, 0.717) is 0 Å². The number of pyridine rings is 1. The highest BCUT2D eigenvalue weighted by atomic mass is 127. The van der Waals surface area contributed by atoms with Gasteiger partial charge in [0.05, 0.1) is 0 Å². The Labute approximate surface area is 122 Å². The van der Waals surface area contributed by atoms with Gasteiger partial charge in [-0.15, -0.1) is 0 Å². The lowest BCUT2D eigenvalue weighted by Crippen LogP contribution is -2.20. The maximum Gasteiger partial charge on any atom is 0.0270 e. The van der Waals surface area contributed by atoms with Crippen LogP contribution < -0.4 is 0 Å². The van der Waals surface area contributed by atoms with Crippen LogP contribution in [-0.2, 0) is 13.0 Å². The van der Waals surface area contributed by atoms with Gasteiger partial charge in [-0.25, -0.2) is 0 Å². The second-order valence-corrected chi connectivity index (χ2v) is 5.72. The van der Waals surface area contributed by atoms with Crippen molar-refractivity contribution in [3.63, 3.8) is 0 Å². The lowest BCUT2D eigenvalue weighted by atomic mass is 10.2. The molecule has 0 fully saturated rings. The Bertz CT molecular complexity index is 468. The van der Waals surface area contributed by atoms with Crippen LogP contribution in [0.5, 0.6) is 0 Å². The fourth-order valence-electron chi connectivity index (χ4n) is 1.85. The summed E-state index contributed by atoms with van der Waals surface area (Å²) in [6.45, 7) is 2.07. The first-order chi connectivity index (χ1) is 8.74. The van der Waals surface area contributed by atoms with Crippen LogP contribution in [0.1, 0.15) is 11.1 Å². The van der Waals surface area contributed by atoms with Crippen molar-refractivity contribution >= 4 is 22.6 Å². The highest BCUT2D eigenvalue weighted by molar-refractivity contribution is 14.1. The molecule has 0 radical (unpaired) electrons. The van der Waals surface area contributed by atoms with Gasteiger partial charge in [0.2, 0.25) is 0 Å². The lowest BCUT2D eigenvalue weighted by molar-refractivity contribution is 0.331. The molecule has 0 aliphatic carbocycles. The van der Waals surface area contributed by atoms with E-state index in [1.54, 1.807) is 0 Å².